The molecule has 0 fully saturated rings. The monoisotopic (exact) mass is 367 g/mol. The van der Waals surface area contributed by atoms with Gasteiger partial charge in [-0.25, -0.2) is 4.98 Å². The zero-order valence-electron chi connectivity index (χ0n) is 14.7. The lowest BCUT2D eigenvalue weighted by atomic mass is 10.1. The van der Waals surface area contributed by atoms with E-state index in [4.69, 9.17) is 15.2 Å². The molecule has 0 bridgehead atoms. The Hall–Kier alpha value is -3.75. The molecule has 0 spiro atoms. The van der Waals surface area contributed by atoms with E-state index in [0.717, 1.165) is 5.56 Å². The molecule has 0 saturated carbocycles. The number of phenolic OH excluding ortho intramolecular Hbond substituents is 2. The van der Waals surface area contributed by atoms with Gasteiger partial charge in [0.15, 0.2) is 17.1 Å². The van der Waals surface area contributed by atoms with Gasteiger partial charge in [-0.1, -0.05) is 6.07 Å². The van der Waals surface area contributed by atoms with Crippen LogP contribution in [-0.2, 0) is 6.42 Å². The van der Waals surface area contributed by atoms with Gasteiger partial charge in [0, 0.05) is 18.6 Å². The van der Waals surface area contributed by atoms with Gasteiger partial charge in [0.1, 0.15) is 17.3 Å². The quantitative estimate of drug-likeness (QED) is 0.467. The SMILES string of the molecule is COc1cc(OC)c2c(c1)nc(Cc1ccc(O)c(O)c1)n1nc(N)nc21. The van der Waals surface area contributed by atoms with Gasteiger partial charge >= 0.3 is 0 Å². The van der Waals surface area contributed by atoms with Crippen LogP contribution in [0.5, 0.6) is 23.0 Å². The van der Waals surface area contributed by atoms with Crippen molar-refractivity contribution >= 4 is 22.5 Å². The molecule has 138 valence electrons. The molecule has 0 aliphatic carbocycles. The van der Waals surface area contributed by atoms with Crippen LogP contribution in [0.15, 0.2) is 30.3 Å². The maximum atomic E-state index is 9.75. The van der Waals surface area contributed by atoms with Gasteiger partial charge in [-0.05, 0) is 17.7 Å². The lowest BCUT2D eigenvalue weighted by molar-refractivity contribution is 0.398. The summed E-state index contributed by atoms with van der Waals surface area (Å²) in [5.41, 5.74) is 7.69. The number of phenols is 2. The van der Waals surface area contributed by atoms with Crippen molar-refractivity contribution in [2.24, 2.45) is 0 Å². The Morgan fingerprint density at radius 2 is 1.85 bits per heavy atom. The van der Waals surface area contributed by atoms with Crippen molar-refractivity contribution in [1.82, 2.24) is 19.6 Å². The van der Waals surface area contributed by atoms with Crippen LogP contribution in [0, 0.1) is 0 Å². The van der Waals surface area contributed by atoms with Crippen molar-refractivity contribution < 1.29 is 19.7 Å². The van der Waals surface area contributed by atoms with Gasteiger partial charge in [0.05, 0.1) is 25.1 Å². The molecule has 0 unspecified atom stereocenters. The average molecular weight is 367 g/mol. The van der Waals surface area contributed by atoms with Crippen LogP contribution in [0.2, 0.25) is 0 Å². The van der Waals surface area contributed by atoms with E-state index in [9.17, 15) is 10.2 Å². The number of rotatable bonds is 4. The minimum Gasteiger partial charge on any atom is -0.504 e. The van der Waals surface area contributed by atoms with Crippen molar-refractivity contribution in [3.63, 3.8) is 0 Å². The third-order valence-electron chi connectivity index (χ3n) is 4.25. The number of aromatic nitrogens is 4. The van der Waals surface area contributed by atoms with Gasteiger partial charge < -0.3 is 25.4 Å². The van der Waals surface area contributed by atoms with Gasteiger partial charge in [0.25, 0.3) is 0 Å². The van der Waals surface area contributed by atoms with Crippen molar-refractivity contribution in [3.05, 3.63) is 41.7 Å². The van der Waals surface area contributed by atoms with Crippen molar-refractivity contribution in [1.29, 1.82) is 0 Å². The third-order valence-corrected chi connectivity index (χ3v) is 4.25. The normalized spacial score (nSPS) is 11.2. The fraction of sp³-hybridized carbons (Fsp3) is 0.167. The molecule has 0 aliphatic rings. The number of nitrogen functional groups attached to an aromatic ring is 1. The summed E-state index contributed by atoms with van der Waals surface area (Å²) in [5, 5.41) is 24.2. The van der Waals surface area contributed by atoms with E-state index in [1.165, 1.54) is 12.1 Å². The third kappa shape index (κ3) is 2.78. The number of ether oxygens (including phenoxy) is 2. The molecule has 27 heavy (non-hydrogen) atoms. The fourth-order valence-corrected chi connectivity index (χ4v) is 3.00. The van der Waals surface area contributed by atoms with Crippen LogP contribution in [-0.4, -0.2) is 44.0 Å². The predicted molar refractivity (Wildman–Crippen MR) is 98.4 cm³/mol. The molecule has 4 rings (SSSR count). The van der Waals surface area contributed by atoms with Crippen LogP contribution in [0.4, 0.5) is 5.95 Å². The minimum atomic E-state index is -0.203. The highest BCUT2D eigenvalue weighted by atomic mass is 16.5. The second-order valence-electron chi connectivity index (χ2n) is 5.96. The van der Waals surface area contributed by atoms with E-state index < -0.39 is 0 Å². The summed E-state index contributed by atoms with van der Waals surface area (Å²) in [6.45, 7) is 0. The summed E-state index contributed by atoms with van der Waals surface area (Å²) in [7, 11) is 3.12. The van der Waals surface area contributed by atoms with Crippen LogP contribution < -0.4 is 15.2 Å². The summed E-state index contributed by atoms with van der Waals surface area (Å²) in [4.78, 5) is 9.00. The zero-order valence-corrected chi connectivity index (χ0v) is 14.7. The largest absolute Gasteiger partial charge is 0.504 e. The molecule has 9 heteroatoms. The Labute approximate surface area is 153 Å². The second kappa shape index (κ2) is 6.20. The van der Waals surface area contributed by atoms with E-state index in [0.29, 0.717) is 40.3 Å². The van der Waals surface area contributed by atoms with Crippen LogP contribution in [0.1, 0.15) is 11.4 Å². The van der Waals surface area contributed by atoms with E-state index in [1.54, 1.807) is 36.9 Å². The van der Waals surface area contributed by atoms with E-state index in [1.807, 2.05) is 0 Å². The number of aromatic hydroxyl groups is 2. The Balaban J connectivity index is 1.97. The van der Waals surface area contributed by atoms with Crippen LogP contribution >= 0.6 is 0 Å². The Morgan fingerprint density at radius 3 is 2.56 bits per heavy atom. The Kier molecular flexibility index (Phi) is 3.84. The van der Waals surface area contributed by atoms with E-state index in [2.05, 4.69) is 15.1 Å². The molecule has 9 nitrogen and oxygen atoms in total. The number of anilines is 1. The number of hydrogen-bond donors (Lipinski definition) is 3. The molecule has 0 atom stereocenters. The Bertz CT molecular complexity index is 1170. The van der Waals surface area contributed by atoms with Gasteiger partial charge in [-0.15, -0.1) is 5.10 Å². The highest BCUT2D eigenvalue weighted by Gasteiger charge is 2.18. The average Bonchev–Trinajstić information content (AvgIpc) is 3.05. The van der Waals surface area contributed by atoms with Gasteiger partial charge in [-0.3, -0.25) is 0 Å². The topological polar surface area (TPSA) is 128 Å². The molecule has 4 N–H and O–H groups in total. The fourth-order valence-electron chi connectivity index (χ4n) is 3.00. The summed E-state index contributed by atoms with van der Waals surface area (Å²) >= 11 is 0. The summed E-state index contributed by atoms with van der Waals surface area (Å²) < 4.78 is 12.3. The molecule has 0 saturated heterocycles. The molecular weight excluding hydrogens is 350 g/mol. The number of benzene rings is 2. The predicted octanol–water partition coefficient (Wildman–Crippen LogP) is 1.88. The molecule has 2 heterocycles. The molecule has 2 aromatic carbocycles. The number of hydrogen-bond acceptors (Lipinski definition) is 8. The summed E-state index contributed by atoms with van der Waals surface area (Å²) in [6, 6.07) is 8.11. The first-order valence-electron chi connectivity index (χ1n) is 8.08. The Morgan fingerprint density at radius 1 is 1.04 bits per heavy atom. The molecule has 0 aliphatic heterocycles. The molecule has 4 aromatic rings. The highest BCUT2D eigenvalue weighted by Crippen LogP contribution is 2.34. The number of fused-ring (bicyclic) bond motifs is 3. The standard InChI is InChI=1S/C18H17N5O4/c1-26-10-7-11-16(14(8-10)27-2)17-21-18(19)22-23(17)15(20-11)6-9-3-4-12(24)13(25)5-9/h3-5,7-8,24-25H,6H2,1-2H3,(H2,19,22). The second-order valence-corrected chi connectivity index (χ2v) is 5.96. The smallest absolute Gasteiger partial charge is 0.240 e. The zero-order chi connectivity index (χ0) is 19.1. The van der Waals surface area contributed by atoms with Crippen LogP contribution in [0.25, 0.3) is 16.6 Å². The van der Waals surface area contributed by atoms with E-state index >= 15 is 0 Å². The summed E-state index contributed by atoms with van der Waals surface area (Å²) in [6.07, 6.45) is 0.336. The van der Waals surface area contributed by atoms with Crippen molar-refractivity contribution in [2.45, 2.75) is 6.42 Å². The molecule has 0 amide bonds. The van der Waals surface area contributed by atoms with Crippen LogP contribution in [0.3, 0.4) is 0 Å². The van der Waals surface area contributed by atoms with Crippen molar-refractivity contribution in [3.8, 4) is 23.0 Å². The first-order chi connectivity index (χ1) is 13.0. The number of methoxy groups -OCH3 is 2. The maximum Gasteiger partial charge on any atom is 0.240 e. The van der Waals surface area contributed by atoms with Crippen molar-refractivity contribution in [2.75, 3.05) is 20.0 Å². The van der Waals surface area contributed by atoms with Gasteiger partial charge in [-0.2, -0.15) is 9.50 Å². The van der Waals surface area contributed by atoms with Gasteiger partial charge in [0.2, 0.25) is 5.95 Å². The maximum absolute atomic E-state index is 9.75. The lowest BCUT2D eigenvalue weighted by Gasteiger charge is -2.11. The number of nitrogens with two attached hydrogens (primary N) is 1. The lowest BCUT2D eigenvalue weighted by Crippen LogP contribution is -2.06. The number of nitrogens with zero attached hydrogens (tertiary/aromatic N) is 4. The minimum absolute atomic E-state index is 0.108. The molecule has 2 aromatic heterocycles. The highest BCUT2D eigenvalue weighted by molar-refractivity contribution is 5.98. The summed E-state index contributed by atoms with van der Waals surface area (Å²) in [5.74, 6) is 1.42. The molecule has 0 radical (unpaired) electrons. The van der Waals surface area contributed by atoms with E-state index in [-0.39, 0.29) is 17.4 Å². The first kappa shape index (κ1) is 16.7. The molecular formula is C18H17N5O4. The first-order valence-corrected chi connectivity index (χ1v) is 8.08.